The van der Waals surface area contributed by atoms with Gasteiger partial charge in [-0.05, 0) is 49.9 Å². The van der Waals surface area contributed by atoms with Crippen LogP contribution in [0.2, 0.25) is 0 Å². The Kier molecular flexibility index (Phi) is 2.36. The van der Waals surface area contributed by atoms with Crippen LogP contribution in [0.25, 0.3) is 0 Å². The van der Waals surface area contributed by atoms with E-state index in [9.17, 15) is 15.3 Å². The molecule has 5 unspecified atom stereocenters. The molecule has 0 spiro atoms. The van der Waals surface area contributed by atoms with Crippen LogP contribution >= 0.6 is 0 Å². The summed E-state index contributed by atoms with van der Waals surface area (Å²) in [5.41, 5.74) is -0.250. The van der Waals surface area contributed by atoms with Crippen molar-refractivity contribution in [3.05, 3.63) is 0 Å². The predicted octanol–water partition coefficient (Wildman–Crippen LogP) is 0.776. The number of hydrogen-bond donors (Lipinski definition) is 3. The van der Waals surface area contributed by atoms with Gasteiger partial charge >= 0.3 is 0 Å². The van der Waals surface area contributed by atoms with Crippen LogP contribution in [0.3, 0.4) is 0 Å². The maximum Gasteiger partial charge on any atom is 0.0499 e. The Balaban J connectivity index is 2.06. The van der Waals surface area contributed by atoms with E-state index in [1.807, 2.05) is 0 Å². The van der Waals surface area contributed by atoms with Crippen LogP contribution in [0.1, 0.15) is 32.1 Å². The molecular formula is C13H22O3. The van der Waals surface area contributed by atoms with E-state index in [4.69, 9.17) is 0 Å². The average molecular weight is 226 g/mol. The van der Waals surface area contributed by atoms with E-state index in [0.29, 0.717) is 11.8 Å². The zero-order chi connectivity index (χ0) is 11.4. The maximum atomic E-state index is 9.92. The maximum absolute atomic E-state index is 9.92. The largest absolute Gasteiger partial charge is 0.396 e. The molecule has 0 amide bonds. The van der Waals surface area contributed by atoms with Gasteiger partial charge in [0.05, 0.1) is 0 Å². The van der Waals surface area contributed by atoms with Gasteiger partial charge in [-0.25, -0.2) is 0 Å². The second kappa shape index (κ2) is 3.44. The predicted molar refractivity (Wildman–Crippen MR) is 59.7 cm³/mol. The molecule has 3 rings (SSSR count). The number of rotatable bonds is 3. The molecule has 3 aliphatic rings. The van der Waals surface area contributed by atoms with Crippen LogP contribution in [-0.2, 0) is 0 Å². The first-order chi connectivity index (χ1) is 7.74. The summed E-state index contributed by atoms with van der Waals surface area (Å²) in [4.78, 5) is 0. The molecule has 3 N–H and O–H groups in total. The fraction of sp³-hybridized carbons (Fsp3) is 1.00. The molecule has 92 valence electrons. The van der Waals surface area contributed by atoms with Crippen molar-refractivity contribution in [2.24, 2.45) is 28.6 Å². The fourth-order valence-electron chi connectivity index (χ4n) is 5.57. The molecule has 3 fully saturated rings. The average Bonchev–Trinajstić information content (AvgIpc) is 2.97. The third-order valence-electron chi connectivity index (χ3n) is 6.20. The number of hydrogen-bond acceptors (Lipinski definition) is 3. The molecule has 0 aromatic heterocycles. The molecule has 0 aliphatic heterocycles. The van der Waals surface area contributed by atoms with Crippen LogP contribution in [0.15, 0.2) is 0 Å². The Labute approximate surface area is 96.5 Å². The number of fused-ring (bicyclic) bond motifs is 5. The molecule has 16 heavy (non-hydrogen) atoms. The van der Waals surface area contributed by atoms with Crippen molar-refractivity contribution < 1.29 is 15.3 Å². The monoisotopic (exact) mass is 226 g/mol. The van der Waals surface area contributed by atoms with Crippen LogP contribution < -0.4 is 0 Å². The molecule has 3 saturated carbocycles. The Morgan fingerprint density at radius 2 is 1.81 bits per heavy atom. The molecule has 3 nitrogen and oxygen atoms in total. The normalized spacial score (nSPS) is 54.6. The minimum atomic E-state index is -0.167. The van der Waals surface area contributed by atoms with E-state index in [1.54, 1.807) is 0 Å². The van der Waals surface area contributed by atoms with Crippen LogP contribution in [0.5, 0.6) is 0 Å². The Bertz CT molecular complexity index is 293. The van der Waals surface area contributed by atoms with Gasteiger partial charge in [0.2, 0.25) is 0 Å². The first-order valence-electron chi connectivity index (χ1n) is 6.56. The summed E-state index contributed by atoms with van der Waals surface area (Å²) in [6, 6.07) is 0. The van der Waals surface area contributed by atoms with Gasteiger partial charge in [-0.3, -0.25) is 0 Å². The minimum Gasteiger partial charge on any atom is -0.396 e. The number of aliphatic hydroxyl groups is 3. The van der Waals surface area contributed by atoms with E-state index in [1.165, 1.54) is 6.42 Å². The summed E-state index contributed by atoms with van der Waals surface area (Å²) >= 11 is 0. The molecule has 0 aromatic carbocycles. The van der Waals surface area contributed by atoms with E-state index in [-0.39, 0.29) is 36.6 Å². The molecule has 5 atom stereocenters. The van der Waals surface area contributed by atoms with Gasteiger partial charge in [-0.15, -0.1) is 0 Å². The standard InChI is InChI=1S/C13H22O3/c14-6-10-1-2-11-9-3-4-12(5-9,7-15)13(10,11)8-16/h9-11,14-16H,1-8H2. The summed E-state index contributed by atoms with van der Waals surface area (Å²) in [5, 5.41) is 29.3. The van der Waals surface area contributed by atoms with E-state index in [2.05, 4.69) is 0 Å². The third kappa shape index (κ3) is 0.964. The summed E-state index contributed by atoms with van der Waals surface area (Å²) < 4.78 is 0. The van der Waals surface area contributed by atoms with Gasteiger partial charge < -0.3 is 15.3 Å². The lowest BCUT2D eigenvalue weighted by Crippen LogP contribution is -2.51. The highest BCUT2D eigenvalue weighted by atomic mass is 16.3. The van der Waals surface area contributed by atoms with Crippen molar-refractivity contribution in [1.29, 1.82) is 0 Å². The second-order valence-corrected chi connectivity index (χ2v) is 6.20. The molecule has 0 aromatic rings. The quantitative estimate of drug-likeness (QED) is 0.666. The molecule has 0 radical (unpaired) electrons. The Hall–Kier alpha value is -0.120. The summed E-state index contributed by atoms with van der Waals surface area (Å²) in [7, 11) is 0. The van der Waals surface area contributed by atoms with Crippen molar-refractivity contribution >= 4 is 0 Å². The van der Waals surface area contributed by atoms with Crippen molar-refractivity contribution in [2.45, 2.75) is 32.1 Å². The molecule has 0 heterocycles. The second-order valence-electron chi connectivity index (χ2n) is 6.20. The molecule has 0 saturated heterocycles. The van der Waals surface area contributed by atoms with Gasteiger partial charge in [-0.1, -0.05) is 0 Å². The van der Waals surface area contributed by atoms with Gasteiger partial charge in [0.25, 0.3) is 0 Å². The summed E-state index contributed by atoms with van der Waals surface area (Å²) in [6.45, 7) is 0.516. The minimum absolute atomic E-state index is 0.0824. The summed E-state index contributed by atoms with van der Waals surface area (Å²) in [6.07, 6.45) is 5.50. The smallest absolute Gasteiger partial charge is 0.0499 e. The van der Waals surface area contributed by atoms with Crippen LogP contribution in [0, 0.1) is 28.6 Å². The van der Waals surface area contributed by atoms with Crippen molar-refractivity contribution in [3.8, 4) is 0 Å². The fourth-order valence-corrected chi connectivity index (χ4v) is 5.57. The van der Waals surface area contributed by atoms with Gasteiger partial charge in [-0.2, -0.15) is 0 Å². The SMILES string of the molecule is OCC1CCC2C3CCC(CO)(C3)C12CO. The molecular weight excluding hydrogens is 204 g/mol. The zero-order valence-corrected chi connectivity index (χ0v) is 9.73. The topological polar surface area (TPSA) is 60.7 Å². The molecule has 3 heteroatoms. The highest BCUT2D eigenvalue weighted by molar-refractivity contribution is 5.18. The lowest BCUT2D eigenvalue weighted by atomic mass is 9.56. The van der Waals surface area contributed by atoms with Crippen molar-refractivity contribution in [1.82, 2.24) is 0 Å². The molecule has 3 aliphatic carbocycles. The first-order valence-corrected chi connectivity index (χ1v) is 6.56. The highest BCUT2D eigenvalue weighted by Crippen LogP contribution is 2.73. The van der Waals surface area contributed by atoms with E-state index >= 15 is 0 Å². The molecule has 2 bridgehead atoms. The van der Waals surface area contributed by atoms with Gasteiger partial charge in [0.15, 0.2) is 0 Å². The lowest BCUT2D eigenvalue weighted by molar-refractivity contribution is -0.0997. The lowest BCUT2D eigenvalue weighted by Gasteiger charge is -2.49. The Morgan fingerprint density at radius 1 is 1.00 bits per heavy atom. The van der Waals surface area contributed by atoms with E-state index < -0.39 is 0 Å². The zero-order valence-electron chi connectivity index (χ0n) is 9.73. The Morgan fingerprint density at radius 3 is 2.44 bits per heavy atom. The van der Waals surface area contributed by atoms with E-state index in [0.717, 1.165) is 25.7 Å². The number of aliphatic hydroxyl groups excluding tert-OH is 3. The first kappa shape index (κ1) is 11.0. The highest BCUT2D eigenvalue weighted by Gasteiger charge is 2.70. The van der Waals surface area contributed by atoms with Gasteiger partial charge in [0.1, 0.15) is 0 Å². The summed E-state index contributed by atoms with van der Waals surface area (Å²) in [5.74, 6) is 1.45. The van der Waals surface area contributed by atoms with Crippen LogP contribution in [-0.4, -0.2) is 35.1 Å². The van der Waals surface area contributed by atoms with Gasteiger partial charge in [0, 0.05) is 30.7 Å². The van der Waals surface area contributed by atoms with Crippen molar-refractivity contribution in [2.75, 3.05) is 19.8 Å². The third-order valence-corrected chi connectivity index (χ3v) is 6.20. The van der Waals surface area contributed by atoms with Crippen molar-refractivity contribution in [3.63, 3.8) is 0 Å². The van der Waals surface area contributed by atoms with Crippen LogP contribution in [0.4, 0.5) is 0 Å².